The molecule has 0 fully saturated rings. The van der Waals surface area contributed by atoms with Gasteiger partial charge in [-0.25, -0.2) is 4.98 Å². The average Bonchev–Trinajstić information content (AvgIpc) is 3.09. The van der Waals surface area contributed by atoms with E-state index < -0.39 is 0 Å². The number of halogens is 2. The molecule has 0 aliphatic rings. The number of aromatic nitrogens is 1. The van der Waals surface area contributed by atoms with Crippen molar-refractivity contribution in [3.8, 4) is 17.0 Å². The van der Waals surface area contributed by atoms with E-state index in [2.05, 4.69) is 49.1 Å². The minimum absolute atomic E-state index is 0.0735. The fraction of sp³-hybridized carbons (Fsp3) is 0.158. The number of hydrogen-bond donors (Lipinski definition) is 1. The maximum absolute atomic E-state index is 12.1. The molecule has 1 N–H and O–H groups in total. The summed E-state index contributed by atoms with van der Waals surface area (Å²) in [7, 11) is 0. The molecule has 134 valence electrons. The first kappa shape index (κ1) is 19.1. The van der Waals surface area contributed by atoms with E-state index in [0.717, 1.165) is 26.6 Å². The highest BCUT2D eigenvalue weighted by molar-refractivity contribution is 9.10. The van der Waals surface area contributed by atoms with E-state index in [1.165, 1.54) is 16.9 Å². The van der Waals surface area contributed by atoms with E-state index >= 15 is 0 Å². The van der Waals surface area contributed by atoms with Crippen molar-refractivity contribution in [2.45, 2.75) is 13.3 Å². The molecule has 4 nitrogen and oxygen atoms in total. The summed E-state index contributed by atoms with van der Waals surface area (Å²) in [4.78, 5) is 16.6. The van der Waals surface area contributed by atoms with Crippen LogP contribution in [0.5, 0.6) is 5.75 Å². The molecule has 2 aromatic carbocycles. The summed E-state index contributed by atoms with van der Waals surface area (Å²) in [6.45, 7) is 2.02. The zero-order valence-electron chi connectivity index (χ0n) is 14.0. The number of hydrogen-bond acceptors (Lipinski definition) is 4. The van der Waals surface area contributed by atoms with Gasteiger partial charge < -0.3 is 4.74 Å². The van der Waals surface area contributed by atoms with Gasteiger partial charge in [-0.05, 0) is 52.2 Å². The van der Waals surface area contributed by atoms with E-state index in [0.29, 0.717) is 10.9 Å². The summed E-state index contributed by atoms with van der Waals surface area (Å²) in [5.41, 5.74) is 3.02. The molecule has 3 aromatic rings. The van der Waals surface area contributed by atoms with Crippen LogP contribution in [0.1, 0.15) is 12.5 Å². The summed E-state index contributed by atoms with van der Waals surface area (Å²) in [5, 5.41) is 5.24. The second kappa shape index (κ2) is 8.79. The molecule has 0 aliphatic carbocycles. The summed E-state index contributed by atoms with van der Waals surface area (Å²) in [6, 6.07) is 13.7. The largest absolute Gasteiger partial charge is 0.483 e. The Balaban J connectivity index is 1.59. The Bertz CT molecular complexity index is 927. The second-order valence-corrected chi connectivity index (χ2v) is 8.13. The minimum atomic E-state index is -0.244. The van der Waals surface area contributed by atoms with Crippen molar-refractivity contribution < 1.29 is 9.53 Å². The van der Waals surface area contributed by atoms with Gasteiger partial charge in [-0.3, -0.25) is 10.1 Å². The Hall–Kier alpha value is -1.70. The molecule has 26 heavy (non-hydrogen) atoms. The van der Waals surface area contributed by atoms with Gasteiger partial charge in [-0.15, -0.1) is 11.3 Å². The number of rotatable bonds is 6. The average molecular weight is 496 g/mol. The molecule has 0 atom stereocenters. The highest BCUT2D eigenvalue weighted by Gasteiger charge is 2.10. The lowest BCUT2D eigenvalue weighted by atomic mass is 10.2. The highest BCUT2D eigenvalue weighted by Crippen LogP contribution is 2.28. The first-order valence-electron chi connectivity index (χ1n) is 7.97. The smallest absolute Gasteiger partial charge is 0.264 e. The van der Waals surface area contributed by atoms with Gasteiger partial charge in [0.2, 0.25) is 0 Å². The van der Waals surface area contributed by atoms with Crippen molar-refractivity contribution in [1.29, 1.82) is 0 Å². The molecule has 1 amide bonds. The van der Waals surface area contributed by atoms with Crippen LogP contribution in [-0.2, 0) is 11.2 Å². The quantitative estimate of drug-likeness (QED) is 0.462. The lowest BCUT2D eigenvalue weighted by Crippen LogP contribution is -2.20. The molecule has 0 spiro atoms. The lowest BCUT2D eigenvalue weighted by Gasteiger charge is -2.09. The summed E-state index contributed by atoms with van der Waals surface area (Å²) in [6.07, 6.45) is 0.948. The topological polar surface area (TPSA) is 51.2 Å². The van der Waals surface area contributed by atoms with Crippen molar-refractivity contribution in [3.05, 3.63) is 62.4 Å². The molecule has 1 aromatic heterocycles. The van der Waals surface area contributed by atoms with Crippen LogP contribution in [0.3, 0.4) is 0 Å². The number of anilines is 1. The van der Waals surface area contributed by atoms with Crippen molar-refractivity contribution in [2.75, 3.05) is 11.9 Å². The van der Waals surface area contributed by atoms with Crippen molar-refractivity contribution >= 4 is 54.2 Å². The molecule has 3 rings (SSSR count). The fourth-order valence-corrected chi connectivity index (χ4v) is 3.97. The number of aryl methyl sites for hydroxylation is 1. The Morgan fingerprint density at radius 3 is 2.81 bits per heavy atom. The first-order chi connectivity index (χ1) is 12.5. The molecule has 1 heterocycles. The van der Waals surface area contributed by atoms with Crippen LogP contribution < -0.4 is 10.1 Å². The van der Waals surface area contributed by atoms with Gasteiger partial charge in [0.1, 0.15) is 5.75 Å². The Kier molecular flexibility index (Phi) is 6.45. The van der Waals surface area contributed by atoms with Gasteiger partial charge in [-0.1, -0.05) is 41.1 Å². The summed E-state index contributed by atoms with van der Waals surface area (Å²) >= 11 is 8.30. The van der Waals surface area contributed by atoms with Crippen LogP contribution in [0, 0.1) is 0 Å². The monoisotopic (exact) mass is 494 g/mol. The number of thiazole rings is 1. The van der Waals surface area contributed by atoms with Crippen molar-refractivity contribution in [3.63, 3.8) is 0 Å². The maximum atomic E-state index is 12.1. The molecular formula is C19H16Br2N2O2S. The molecule has 0 saturated carbocycles. The third-order valence-electron chi connectivity index (χ3n) is 3.63. The number of carbonyl (C=O) groups excluding carboxylic acids is 1. The third-order valence-corrected chi connectivity index (χ3v) is 5.50. The molecule has 0 saturated heterocycles. The SMILES string of the molecule is CCc1ccc(OCC(=O)Nc2nc(-c3cccc(Br)c3)cs2)c(Br)c1. The van der Waals surface area contributed by atoms with E-state index in [1.807, 2.05) is 47.8 Å². The van der Waals surface area contributed by atoms with Gasteiger partial charge in [0.15, 0.2) is 11.7 Å². The number of carbonyl (C=O) groups is 1. The fourth-order valence-electron chi connectivity index (χ4n) is 2.29. The Morgan fingerprint density at radius 1 is 1.23 bits per heavy atom. The summed E-state index contributed by atoms with van der Waals surface area (Å²) < 4.78 is 7.42. The predicted octanol–water partition coefficient (Wildman–Crippen LogP) is 5.92. The van der Waals surface area contributed by atoms with E-state index in [-0.39, 0.29) is 12.5 Å². The van der Waals surface area contributed by atoms with Crippen LogP contribution >= 0.6 is 43.2 Å². The zero-order valence-corrected chi connectivity index (χ0v) is 17.9. The standard InChI is InChI=1S/C19H16Br2N2O2S/c1-2-12-6-7-17(15(21)8-12)25-10-18(24)23-19-22-16(11-26-19)13-4-3-5-14(20)9-13/h3-9,11H,2,10H2,1H3,(H,22,23,24). The number of ether oxygens (including phenoxy) is 1. The zero-order chi connectivity index (χ0) is 18.5. The molecule has 0 aliphatic heterocycles. The van der Waals surface area contributed by atoms with Crippen LogP contribution in [0.2, 0.25) is 0 Å². The van der Waals surface area contributed by atoms with Gasteiger partial charge in [0.05, 0.1) is 10.2 Å². The van der Waals surface area contributed by atoms with Crippen LogP contribution in [0.4, 0.5) is 5.13 Å². The summed E-state index contributed by atoms with van der Waals surface area (Å²) in [5.74, 6) is 0.401. The first-order valence-corrected chi connectivity index (χ1v) is 10.4. The molecule has 0 bridgehead atoms. The van der Waals surface area contributed by atoms with Gasteiger partial charge in [0.25, 0.3) is 5.91 Å². The number of benzene rings is 2. The Morgan fingerprint density at radius 2 is 2.08 bits per heavy atom. The van der Waals surface area contributed by atoms with Crippen LogP contribution in [0.25, 0.3) is 11.3 Å². The van der Waals surface area contributed by atoms with Gasteiger partial charge in [-0.2, -0.15) is 0 Å². The normalized spacial score (nSPS) is 10.6. The van der Waals surface area contributed by atoms with Gasteiger partial charge in [0, 0.05) is 15.4 Å². The number of amides is 1. The van der Waals surface area contributed by atoms with Crippen molar-refractivity contribution in [1.82, 2.24) is 4.98 Å². The van der Waals surface area contributed by atoms with Gasteiger partial charge >= 0.3 is 0 Å². The second-order valence-electron chi connectivity index (χ2n) is 5.50. The van der Waals surface area contributed by atoms with Crippen molar-refractivity contribution in [2.24, 2.45) is 0 Å². The molecular weight excluding hydrogens is 480 g/mol. The van der Waals surface area contributed by atoms with E-state index in [4.69, 9.17) is 4.74 Å². The number of nitrogens with one attached hydrogen (secondary N) is 1. The predicted molar refractivity (Wildman–Crippen MR) is 113 cm³/mol. The minimum Gasteiger partial charge on any atom is -0.483 e. The molecule has 0 unspecified atom stereocenters. The number of nitrogens with zero attached hydrogens (tertiary/aromatic N) is 1. The molecule has 7 heteroatoms. The Labute approximate surface area is 172 Å². The van der Waals surface area contributed by atoms with E-state index in [9.17, 15) is 4.79 Å². The van der Waals surface area contributed by atoms with Crippen LogP contribution in [0.15, 0.2) is 56.8 Å². The highest BCUT2D eigenvalue weighted by atomic mass is 79.9. The van der Waals surface area contributed by atoms with Crippen LogP contribution in [-0.4, -0.2) is 17.5 Å². The maximum Gasteiger partial charge on any atom is 0.264 e. The van der Waals surface area contributed by atoms with E-state index in [1.54, 1.807) is 0 Å². The third kappa shape index (κ3) is 4.93. The lowest BCUT2D eigenvalue weighted by molar-refractivity contribution is -0.118. The molecule has 0 radical (unpaired) electrons.